The lowest BCUT2D eigenvalue weighted by Crippen LogP contribution is -2.45. The molecule has 2 heterocycles. The van der Waals surface area contributed by atoms with Crippen LogP contribution in [-0.4, -0.2) is 74.8 Å². The molecule has 1 aromatic heterocycles. The SMILES string of the molecule is CCOCC(=O)OCOc1c(OC)ccnc1C(=O)NC1CCCC(Cc2ccc(F)cc2)C(OCC2CC2)C(C)OC1=O. The summed E-state index contributed by atoms with van der Waals surface area (Å²) in [7, 11) is 1.39. The Morgan fingerprint density at radius 3 is 2.59 bits per heavy atom. The third-order valence-corrected chi connectivity index (χ3v) is 7.67. The molecule has 1 N–H and O–H groups in total. The van der Waals surface area contributed by atoms with Crippen LogP contribution in [0.2, 0.25) is 0 Å². The standard InChI is InChI=1S/C32H41FN2O9/c1-4-40-18-27(36)42-19-43-30-26(39-3)14-15-34-28(30)31(37)35-25-7-5-6-23(16-21-10-12-24(33)13-11-21)29(20(2)44-32(25)38)41-17-22-8-9-22/h10-15,20,22-23,25,29H,4-9,16-19H2,1-3H3,(H,35,37). The Balaban J connectivity index is 1.46. The number of aromatic nitrogens is 1. The van der Waals surface area contributed by atoms with E-state index in [1.54, 1.807) is 26.0 Å². The normalized spacial score (nSPS) is 22.1. The van der Waals surface area contributed by atoms with Gasteiger partial charge in [0.1, 0.15) is 24.6 Å². The Hall–Kier alpha value is -3.77. The maximum Gasteiger partial charge on any atom is 0.334 e. The zero-order valence-corrected chi connectivity index (χ0v) is 25.4. The van der Waals surface area contributed by atoms with Crippen molar-refractivity contribution in [2.45, 2.75) is 70.6 Å². The summed E-state index contributed by atoms with van der Waals surface area (Å²) in [6.45, 7) is 3.75. The van der Waals surface area contributed by atoms with Crippen LogP contribution in [0.5, 0.6) is 11.5 Å². The molecule has 11 nitrogen and oxygen atoms in total. The summed E-state index contributed by atoms with van der Waals surface area (Å²) >= 11 is 0. The molecule has 2 aliphatic rings. The second-order valence-electron chi connectivity index (χ2n) is 11.0. The second-order valence-corrected chi connectivity index (χ2v) is 11.0. The number of cyclic esters (lactones) is 1. The summed E-state index contributed by atoms with van der Waals surface area (Å²) in [6, 6.07) is 6.95. The Morgan fingerprint density at radius 2 is 1.89 bits per heavy atom. The van der Waals surface area contributed by atoms with E-state index in [2.05, 4.69) is 10.3 Å². The van der Waals surface area contributed by atoms with Gasteiger partial charge in [0, 0.05) is 25.5 Å². The van der Waals surface area contributed by atoms with E-state index in [0.29, 0.717) is 44.8 Å². The number of carbonyl (C=O) groups is 3. The van der Waals surface area contributed by atoms with Crippen LogP contribution in [0, 0.1) is 17.7 Å². The summed E-state index contributed by atoms with van der Waals surface area (Å²) in [6.07, 6.45) is 4.95. The van der Waals surface area contributed by atoms with E-state index >= 15 is 0 Å². The van der Waals surface area contributed by atoms with Crippen LogP contribution in [0.25, 0.3) is 0 Å². The quantitative estimate of drug-likeness (QED) is 0.245. The smallest absolute Gasteiger partial charge is 0.334 e. The molecule has 2 aromatic rings. The summed E-state index contributed by atoms with van der Waals surface area (Å²) in [5.41, 5.74) is 0.824. The Labute approximate surface area is 256 Å². The van der Waals surface area contributed by atoms with Gasteiger partial charge in [0.25, 0.3) is 5.91 Å². The minimum absolute atomic E-state index is 0.0157. The predicted molar refractivity (Wildman–Crippen MR) is 156 cm³/mol. The average molecular weight is 617 g/mol. The monoisotopic (exact) mass is 616 g/mol. The third kappa shape index (κ3) is 9.62. The molecule has 240 valence electrons. The summed E-state index contributed by atoms with van der Waals surface area (Å²) in [4.78, 5) is 42.7. The Kier molecular flexibility index (Phi) is 12.3. The molecule has 12 heteroatoms. The van der Waals surface area contributed by atoms with Crippen molar-refractivity contribution in [1.82, 2.24) is 10.3 Å². The van der Waals surface area contributed by atoms with Crippen LogP contribution in [0.4, 0.5) is 4.39 Å². The molecule has 4 rings (SSSR count). The summed E-state index contributed by atoms with van der Waals surface area (Å²) in [5, 5.41) is 2.74. The number of nitrogens with zero attached hydrogens (tertiary/aromatic N) is 1. The van der Waals surface area contributed by atoms with E-state index in [4.69, 9.17) is 28.4 Å². The average Bonchev–Trinajstić information content (AvgIpc) is 3.84. The summed E-state index contributed by atoms with van der Waals surface area (Å²) in [5.74, 6) is -1.52. The van der Waals surface area contributed by atoms with Gasteiger partial charge in [-0.2, -0.15) is 0 Å². The molecule has 4 atom stereocenters. The maximum atomic E-state index is 13.5. The highest BCUT2D eigenvalue weighted by Crippen LogP contribution is 2.33. The highest BCUT2D eigenvalue weighted by molar-refractivity contribution is 5.98. The molecule has 1 saturated heterocycles. The van der Waals surface area contributed by atoms with Gasteiger partial charge in [-0.3, -0.25) is 4.79 Å². The van der Waals surface area contributed by atoms with E-state index in [1.807, 2.05) is 0 Å². The van der Waals surface area contributed by atoms with Crippen molar-refractivity contribution in [3.63, 3.8) is 0 Å². The number of ether oxygens (including phenoxy) is 6. The minimum atomic E-state index is -0.955. The van der Waals surface area contributed by atoms with E-state index < -0.39 is 36.8 Å². The van der Waals surface area contributed by atoms with E-state index in [9.17, 15) is 18.8 Å². The van der Waals surface area contributed by atoms with Crippen LogP contribution in [0.1, 0.15) is 62.0 Å². The molecule has 4 unspecified atom stereocenters. The van der Waals surface area contributed by atoms with Gasteiger partial charge >= 0.3 is 11.9 Å². The van der Waals surface area contributed by atoms with E-state index in [0.717, 1.165) is 18.4 Å². The number of halogens is 1. The third-order valence-electron chi connectivity index (χ3n) is 7.67. The number of esters is 2. The molecule has 0 spiro atoms. The second kappa shape index (κ2) is 16.3. The largest absolute Gasteiger partial charge is 0.493 e. The predicted octanol–water partition coefficient (Wildman–Crippen LogP) is 4.01. The first-order chi connectivity index (χ1) is 21.3. The first-order valence-electron chi connectivity index (χ1n) is 15.1. The van der Waals surface area contributed by atoms with Crippen LogP contribution < -0.4 is 14.8 Å². The number of pyridine rings is 1. The topological polar surface area (TPSA) is 132 Å². The molecule has 1 amide bonds. The number of rotatable bonds is 14. The first-order valence-corrected chi connectivity index (χ1v) is 15.1. The van der Waals surface area contributed by atoms with Gasteiger partial charge < -0.3 is 33.7 Å². The zero-order valence-electron chi connectivity index (χ0n) is 25.4. The summed E-state index contributed by atoms with van der Waals surface area (Å²) < 4.78 is 46.7. The molecule has 2 fully saturated rings. The lowest BCUT2D eigenvalue weighted by atomic mass is 9.86. The van der Waals surface area contributed by atoms with E-state index in [1.165, 1.54) is 31.5 Å². The number of hydrogen-bond acceptors (Lipinski definition) is 10. The van der Waals surface area contributed by atoms with Crippen LogP contribution in [-0.2, 0) is 35.0 Å². The lowest BCUT2D eigenvalue weighted by molar-refractivity contribution is -0.161. The Morgan fingerprint density at radius 1 is 1.11 bits per heavy atom. The van der Waals surface area contributed by atoms with Crippen LogP contribution in [0.15, 0.2) is 36.5 Å². The fourth-order valence-corrected chi connectivity index (χ4v) is 5.16. The van der Waals surface area contributed by atoms with Crippen molar-refractivity contribution < 1.29 is 47.2 Å². The number of methoxy groups -OCH3 is 1. The van der Waals surface area contributed by atoms with Crippen molar-refractivity contribution in [2.75, 3.05) is 33.7 Å². The van der Waals surface area contributed by atoms with Crippen molar-refractivity contribution in [1.29, 1.82) is 0 Å². The highest BCUT2D eigenvalue weighted by atomic mass is 19.1. The van der Waals surface area contributed by atoms with Gasteiger partial charge in [-0.05, 0) is 75.5 Å². The van der Waals surface area contributed by atoms with Crippen LogP contribution >= 0.6 is 0 Å². The highest BCUT2D eigenvalue weighted by Gasteiger charge is 2.37. The van der Waals surface area contributed by atoms with Crippen LogP contribution in [0.3, 0.4) is 0 Å². The molecule has 1 saturated carbocycles. The fourth-order valence-electron chi connectivity index (χ4n) is 5.16. The maximum absolute atomic E-state index is 13.5. The van der Waals surface area contributed by atoms with Gasteiger partial charge in [-0.25, -0.2) is 19.0 Å². The number of carbonyl (C=O) groups excluding carboxylic acids is 3. The van der Waals surface area contributed by atoms with Gasteiger partial charge in [0.05, 0.1) is 13.2 Å². The number of benzene rings is 1. The number of nitrogens with one attached hydrogen (secondary N) is 1. The van der Waals surface area contributed by atoms with Crippen molar-refractivity contribution in [3.8, 4) is 11.5 Å². The lowest BCUT2D eigenvalue weighted by Gasteiger charge is -2.31. The van der Waals surface area contributed by atoms with Crippen molar-refractivity contribution >= 4 is 17.8 Å². The fraction of sp³-hybridized carbons (Fsp3) is 0.562. The van der Waals surface area contributed by atoms with E-state index in [-0.39, 0.29) is 41.6 Å². The van der Waals surface area contributed by atoms with Gasteiger partial charge in [-0.1, -0.05) is 18.6 Å². The van der Waals surface area contributed by atoms with Gasteiger partial charge in [0.2, 0.25) is 6.79 Å². The molecule has 0 radical (unpaired) electrons. The minimum Gasteiger partial charge on any atom is -0.493 e. The van der Waals surface area contributed by atoms with Gasteiger partial charge in [-0.15, -0.1) is 0 Å². The zero-order chi connectivity index (χ0) is 31.5. The Bertz CT molecular complexity index is 1250. The number of hydrogen-bond donors (Lipinski definition) is 1. The molecule has 1 aromatic carbocycles. The first kappa shape index (κ1) is 33.1. The molecule has 0 bridgehead atoms. The molecule has 1 aliphatic carbocycles. The van der Waals surface area contributed by atoms with Crippen molar-refractivity contribution in [2.24, 2.45) is 11.8 Å². The molecular weight excluding hydrogens is 575 g/mol. The molecular formula is C32H41FN2O9. The molecule has 1 aliphatic heterocycles. The molecule has 44 heavy (non-hydrogen) atoms. The van der Waals surface area contributed by atoms with Crippen molar-refractivity contribution in [3.05, 3.63) is 53.6 Å². The number of amides is 1. The van der Waals surface area contributed by atoms with Gasteiger partial charge in [0.15, 0.2) is 17.2 Å².